The van der Waals surface area contributed by atoms with Gasteiger partial charge in [-0.25, -0.2) is 0 Å². The maximum Gasteiger partial charge on any atom is 0.164 e. The summed E-state index contributed by atoms with van der Waals surface area (Å²) in [6.45, 7) is 20.4. The van der Waals surface area contributed by atoms with Crippen LogP contribution in [0.25, 0.3) is 22.0 Å². The molecule has 4 heteroatoms. The van der Waals surface area contributed by atoms with Gasteiger partial charge in [-0.15, -0.1) is 34.9 Å². The van der Waals surface area contributed by atoms with Crippen LogP contribution < -0.4 is 0 Å². The van der Waals surface area contributed by atoms with Gasteiger partial charge < -0.3 is 10.1 Å². The summed E-state index contributed by atoms with van der Waals surface area (Å²) in [6, 6.07) is 16.6. The number of fused-ring (bicyclic) bond motifs is 1. The van der Waals surface area contributed by atoms with Crippen LogP contribution >= 0.6 is 0 Å². The van der Waals surface area contributed by atoms with Crippen molar-refractivity contribution in [3.05, 3.63) is 77.2 Å². The summed E-state index contributed by atoms with van der Waals surface area (Å²) < 4.78 is 0. The van der Waals surface area contributed by atoms with Gasteiger partial charge in [-0.1, -0.05) is 87.4 Å². The maximum absolute atomic E-state index is 11.8. The largest absolute Gasteiger partial charge is 0.512 e. The third-order valence-corrected chi connectivity index (χ3v) is 7.77. The topological polar surface area (TPSA) is 50.2 Å². The minimum atomic E-state index is -0.377. The molecule has 38 heavy (non-hydrogen) atoms. The van der Waals surface area contributed by atoms with Crippen molar-refractivity contribution in [3.8, 4) is 11.3 Å². The first-order valence-corrected chi connectivity index (χ1v) is 13.6. The van der Waals surface area contributed by atoms with E-state index in [1.54, 1.807) is 0 Å². The quantitative estimate of drug-likeness (QED) is 0.145. The first kappa shape index (κ1) is 33.7. The molecule has 1 radical (unpaired) electrons. The molecule has 0 amide bonds. The van der Waals surface area contributed by atoms with Gasteiger partial charge in [0.2, 0.25) is 0 Å². The Morgan fingerprint density at radius 1 is 1.00 bits per heavy atom. The van der Waals surface area contributed by atoms with Crippen molar-refractivity contribution in [3.63, 3.8) is 0 Å². The molecule has 3 rings (SSSR count). The number of ketones is 1. The van der Waals surface area contributed by atoms with Crippen molar-refractivity contribution in [2.24, 2.45) is 10.8 Å². The number of aryl methyl sites for hydroxylation is 2. The maximum atomic E-state index is 11.8. The first-order chi connectivity index (χ1) is 17.2. The number of allylic oxidation sites excluding steroid dienone is 2. The normalized spacial score (nSPS) is 12.8. The van der Waals surface area contributed by atoms with Crippen molar-refractivity contribution < 1.29 is 30.0 Å². The fraction of sp³-hybridized carbons (Fsp3) is 0.471. The van der Waals surface area contributed by atoms with Crippen molar-refractivity contribution in [1.29, 1.82) is 0 Å². The van der Waals surface area contributed by atoms with Crippen LogP contribution in [0.15, 0.2) is 54.4 Å². The molecular weight excluding hydrogens is 647 g/mol. The molecule has 0 saturated heterocycles. The molecule has 1 atom stereocenters. The first-order valence-electron chi connectivity index (χ1n) is 13.6. The molecule has 1 unspecified atom stereocenters. The summed E-state index contributed by atoms with van der Waals surface area (Å²) >= 11 is 0. The van der Waals surface area contributed by atoms with Crippen LogP contribution in [-0.4, -0.2) is 15.9 Å². The number of aliphatic hydroxyl groups is 1. The molecule has 1 heterocycles. The SMILES string of the molecule is CCC(C)(C)C(=O)/C=C(\O)C(C)(C)CC.CCC(C)c1ccc2ccnc(-c3[c-]c(C)cc(C)c3)c2c1.[Ir]. The minimum Gasteiger partial charge on any atom is -0.512 e. The summed E-state index contributed by atoms with van der Waals surface area (Å²) in [7, 11) is 0. The Hall–Kier alpha value is -2.29. The standard InChI is InChI=1S/C21H22N.C13H24O2.Ir/c1-5-16(4)18-7-6-17-8-9-22-21(20(17)13-18)19-11-14(2)10-15(3)12-19;1-7-12(3,4)10(14)9-11(15)13(5,6)8-2;/h6-11,13,16H,5H2,1-4H3;9,14H,7-8H2,1-6H3;/q-1;;/b;10-9-;. The molecule has 3 nitrogen and oxygen atoms in total. The molecule has 1 aromatic heterocycles. The Morgan fingerprint density at radius 2 is 1.63 bits per heavy atom. The van der Waals surface area contributed by atoms with E-state index in [4.69, 9.17) is 0 Å². The van der Waals surface area contributed by atoms with Gasteiger partial charge in [0.15, 0.2) is 5.78 Å². The molecule has 0 aliphatic rings. The zero-order valence-electron chi connectivity index (χ0n) is 25.0. The molecule has 1 N–H and O–H groups in total. The number of benzene rings is 2. The molecule has 0 spiro atoms. The van der Waals surface area contributed by atoms with Crippen LogP contribution in [0.2, 0.25) is 0 Å². The van der Waals surface area contributed by atoms with E-state index < -0.39 is 0 Å². The summed E-state index contributed by atoms with van der Waals surface area (Å²) in [6.07, 6.45) is 6.03. The van der Waals surface area contributed by atoms with Crippen LogP contribution in [0.3, 0.4) is 0 Å². The third-order valence-electron chi connectivity index (χ3n) is 7.77. The van der Waals surface area contributed by atoms with Crippen LogP contribution in [0, 0.1) is 30.7 Å². The van der Waals surface area contributed by atoms with Crippen LogP contribution in [0.5, 0.6) is 0 Å². The van der Waals surface area contributed by atoms with E-state index in [1.165, 1.54) is 28.0 Å². The zero-order valence-corrected chi connectivity index (χ0v) is 27.3. The number of carbonyl (C=O) groups excluding carboxylic acids is 1. The monoisotopic (exact) mass is 693 g/mol. The van der Waals surface area contributed by atoms with Gasteiger partial charge in [0.05, 0.1) is 0 Å². The molecule has 0 saturated carbocycles. The predicted octanol–water partition coefficient (Wildman–Crippen LogP) is 9.70. The number of pyridine rings is 1. The molecule has 0 bridgehead atoms. The summed E-state index contributed by atoms with van der Waals surface area (Å²) in [5, 5.41) is 12.3. The van der Waals surface area contributed by atoms with Gasteiger partial charge in [0.1, 0.15) is 5.76 Å². The Morgan fingerprint density at radius 3 is 2.18 bits per heavy atom. The van der Waals surface area contributed by atoms with Gasteiger partial charge in [-0.3, -0.25) is 4.79 Å². The molecule has 3 aromatic rings. The third kappa shape index (κ3) is 8.61. The molecular formula is C34H46IrNO2-. The van der Waals surface area contributed by atoms with Gasteiger partial charge in [0, 0.05) is 43.2 Å². The number of aromatic nitrogens is 1. The molecule has 0 aliphatic heterocycles. The Balaban J connectivity index is 0.000000401. The Labute approximate surface area is 244 Å². The second-order valence-electron chi connectivity index (χ2n) is 11.6. The smallest absolute Gasteiger partial charge is 0.164 e. The van der Waals surface area contributed by atoms with E-state index >= 15 is 0 Å². The van der Waals surface area contributed by atoms with Gasteiger partial charge in [-0.05, 0) is 53.3 Å². The average molecular weight is 693 g/mol. The van der Waals surface area contributed by atoms with E-state index in [1.807, 2.05) is 47.7 Å². The predicted molar refractivity (Wildman–Crippen MR) is 158 cm³/mol. The molecule has 209 valence electrons. The summed E-state index contributed by atoms with van der Waals surface area (Å²) in [5.41, 5.74) is 5.24. The van der Waals surface area contributed by atoms with Crippen LogP contribution in [-0.2, 0) is 24.9 Å². The number of carbonyl (C=O) groups is 1. The zero-order chi connectivity index (χ0) is 28.0. The second-order valence-corrected chi connectivity index (χ2v) is 11.6. The van der Waals surface area contributed by atoms with Crippen molar-refractivity contribution in [2.75, 3.05) is 0 Å². The van der Waals surface area contributed by atoms with Gasteiger partial charge >= 0.3 is 0 Å². The van der Waals surface area contributed by atoms with E-state index in [0.717, 1.165) is 36.1 Å². The fourth-order valence-electron chi connectivity index (χ4n) is 3.84. The van der Waals surface area contributed by atoms with E-state index in [9.17, 15) is 9.90 Å². The Kier molecular flexibility index (Phi) is 12.6. The van der Waals surface area contributed by atoms with E-state index in [2.05, 4.69) is 75.1 Å². The number of rotatable bonds is 8. The minimum absolute atomic E-state index is 0. The van der Waals surface area contributed by atoms with Crippen molar-refractivity contribution in [1.82, 2.24) is 4.98 Å². The van der Waals surface area contributed by atoms with Gasteiger partial charge in [-0.2, -0.15) is 0 Å². The number of hydrogen-bond donors (Lipinski definition) is 1. The summed E-state index contributed by atoms with van der Waals surface area (Å²) in [5.74, 6) is 0.765. The summed E-state index contributed by atoms with van der Waals surface area (Å²) in [4.78, 5) is 16.5. The second kappa shape index (κ2) is 14.2. The van der Waals surface area contributed by atoms with Crippen LogP contribution in [0.4, 0.5) is 0 Å². The fourth-order valence-corrected chi connectivity index (χ4v) is 3.84. The van der Waals surface area contributed by atoms with Crippen LogP contribution in [0.1, 0.15) is 97.3 Å². The molecule has 2 aromatic carbocycles. The van der Waals surface area contributed by atoms with Crippen molar-refractivity contribution >= 4 is 16.6 Å². The number of hydrogen-bond acceptors (Lipinski definition) is 3. The Bertz CT molecular complexity index is 1240. The number of aliphatic hydroxyl groups excluding tert-OH is 1. The molecule has 0 fully saturated rings. The van der Waals surface area contributed by atoms with E-state index in [-0.39, 0.29) is 42.5 Å². The van der Waals surface area contributed by atoms with E-state index in [0.29, 0.717) is 5.92 Å². The average Bonchev–Trinajstić information content (AvgIpc) is 2.87. The number of nitrogens with zero attached hydrogens (tertiary/aromatic N) is 1. The van der Waals surface area contributed by atoms with Crippen molar-refractivity contribution in [2.45, 2.75) is 94.4 Å². The van der Waals surface area contributed by atoms with Gasteiger partial charge in [0.25, 0.3) is 0 Å². The molecule has 0 aliphatic carbocycles.